The second-order valence-electron chi connectivity index (χ2n) is 6.50. The van der Waals surface area contributed by atoms with E-state index in [9.17, 15) is 35.9 Å². The molecule has 30 heavy (non-hydrogen) atoms. The number of rotatable bonds is 4. The Balaban J connectivity index is 2.03. The molecule has 0 fully saturated rings. The van der Waals surface area contributed by atoms with Crippen molar-refractivity contribution in [2.45, 2.75) is 19.4 Å². The van der Waals surface area contributed by atoms with Crippen molar-refractivity contribution in [3.8, 4) is 0 Å². The highest BCUT2D eigenvalue weighted by Crippen LogP contribution is 2.29. The molecule has 1 amide bonds. The standard InChI is InChI=1S/C19H13F6N3O2/c1-7(16-9-5-11(20)12(21)6-10(9)18(29)27-26-16)28(2)19(30)8-3-13(22)15(17(24)25)14(23)4-8/h3-7,17H,1-2H3,(H,27,29). The monoisotopic (exact) mass is 429 g/mol. The molecule has 11 heteroatoms. The smallest absolute Gasteiger partial charge is 0.272 e. The molecule has 0 bridgehead atoms. The van der Waals surface area contributed by atoms with Crippen LogP contribution in [0.2, 0.25) is 0 Å². The van der Waals surface area contributed by atoms with Crippen LogP contribution < -0.4 is 5.56 Å². The molecule has 5 nitrogen and oxygen atoms in total. The third-order valence-corrected chi connectivity index (χ3v) is 4.70. The van der Waals surface area contributed by atoms with E-state index in [0.29, 0.717) is 18.2 Å². The van der Waals surface area contributed by atoms with Crippen LogP contribution in [-0.4, -0.2) is 28.1 Å². The lowest BCUT2D eigenvalue weighted by molar-refractivity contribution is 0.0738. The van der Waals surface area contributed by atoms with Crippen molar-refractivity contribution in [3.63, 3.8) is 0 Å². The van der Waals surface area contributed by atoms with Gasteiger partial charge >= 0.3 is 0 Å². The van der Waals surface area contributed by atoms with Gasteiger partial charge in [-0.1, -0.05) is 0 Å². The van der Waals surface area contributed by atoms with E-state index in [0.717, 1.165) is 11.0 Å². The molecule has 0 radical (unpaired) electrons. The quantitative estimate of drug-likeness (QED) is 0.631. The first-order chi connectivity index (χ1) is 14.0. The molecule has 1 aromatic heterocycles. The largest absolute Gasteiger partial charge is 0.333 e. The molecule has 0 aliphatic rings. The first-order valence-electron chi connectivity index (χ1n) is 8.44. The van der Waals surface area contributed by atoms with Gasteiger partial charge in [0.2, 0.25) is 0 Å². The van der Waals surface area contributed by atoms with E-state index in [2.05, 4.69) is 10.2 Å². The minimum absolute atomic E-state index is 0.0236. The number of hydrogen-bond acceptors (Lipinski definition) is 3. The number of nitrogens with zero attached hydrogens (tertiary/aromatic N) is 2. The van der Waals surface area contributed by atoms with Crippen LogP contribution in [0.5, 0.6) is 0 Å². The summed E-state index contributed by atoms with van der Waals surface area (Å²) in [7, 11) is 1.22. The first kappa shape index (κ1) is 21.3. The number of benzene rings is 2. The Morgan fingerprint density at radius 3 is 2.03 bits per heavy atom. The van der Waals surface area contributed by atoms with Gasteiger partial charge in [-0.25, -0.2) is 31.4 Å². The maximum absolute atomic E-state index is 13.8. The Kier molecular flexibility index (Phi) is 5.55. The zero-order valence-corrected chi connectivity index (χ0v) is 15.4. The molecular formula is C19H13F6N3O2. The van der Waals surface area contributed by atoms with Crippen molar-refractivity contribution in [1.29, 1.82) is 0 Å². The van der Waals surface area contributed by atoms with Gasteiger partial charge in [0.1, 0.15) is 11.6 Å². The number of alkyl halides is 2. The van der Waals surface area contributed by atoms with Crippen LogP contribution in [0.4, 0.5) is 26.3 Å². The first-order valence-corrected chi connectivity index (χ1v) is 8.44. The van der Waals surface area contributed by atoms with Gasteiger partial charge in [-0.3, -0.25) is 9.59 Å². The van der Waals surface area contributed by atoms with Gasteiger partial charge in [0.15, 0.2) is 11.6 Å². The van der Waals surface area contributed by atoms with Gasteiger partial charge < -0.3 is 4.90 Å². The van der Waals surface area contributed by atoms with E-state index >= 15 is 0 Å². The second-order valence-corrected chi connectivity index (χ2v) is 6.50. The molecule has 1 heterocycles. The highest BCUT2D eigenvalue weighted by molar-refractivity contribution is 5.95. The van der Waals surface area contributed by atoms with Gasteiger partial charge in [0.05, 0.1) is 22.7 Å². The summed E-state index contributed by atoms with van der Waals surface area (Å²) in [6.45, 7) is 1.42. The minimum atomic E-state index is -3.40. The van der Waals surface area contributed by atoms with Crippen LogP contribution in [0.15, 0.2) is 29.1 Å². The second kappa shape index (κ2) is 7.81. The number of aromatic amines is 1. The van der Waals surface area contributed by atoms with Crippen LogP contribution in [0, 0.1) is 23.3 Å². The van der Waals surface area contributed by atoms with Crippen molar-refractivity contribution in [1.82, 2.24) is 15.1 Å². The Labute approximate surface area is 164 Å². The molecule has 0 aliphatic carbocycles. The van der Waals surface area contributed by atoms with E-state index in [4.69, 9.17) is 0 Å². The summed E-state index contributed by atoms with van der Waals surface area (Å²) in [5.74, 6) is -6.62. The molecule has 1 atom stereocenters. The zero-order valence-electron chi connectivity index (χ0n) is 15.4. The molecular weight excluding hydrogens is 416 g/mol. The van der Waals surface area contributed by atoms with E-state index < -0.39 is 58.3 Å². The van der Waals surface area contributed by atoms with Crippen LogP contribution in [-0.2, 0) is 0 Å². The fraction of sp³-hybridized carbons (Fsp3) is 0.211. The van der Waals surface area contributed by atoms with Crippen molar-refractivity contribution in [3.05, 3.63) is 74.7 Å². The Morgan fingerprint density at radius 1 is 0.967 bits per heavy atom. The van der Waals surface area contributed by atoms with Gasteiger partial charge in [0.25, 0.3) is 17.9 Å². The molecule has 0 aliphatic heterocycles. The van der Waals surface area contributed by atoms with Crippen molar-refractivity contribution < 1.29 is 31.1 Å². The molecule has 0 spiro atoms. The summed E-state index contributed by atoms with van der Waals surface area (Å²) in [6.07, 6.45) is -3.40. The van der Waals surface area contributed by atoms with E-state index in [1.807, 2.05) is 0 Å². The Bertz CT molecular complexity index is 1190. The van der Waals surface area contributed by atoms with Crippen LogP contribution >= 0.6 is 0 Å². The third kappa shape index (κ3) is 3.62. The SMILES string of the molecule is CC(c1n[nH]c(=O)c2cc(F)c(F)cc12)N(C)C(=O)c1cc(F)c(C(F)F)c(F)c1. The van der Waals surface area contributed by atoms with Crippen LogP contribution in [0.1, 0.15) is 41.0 Å². The number of halogens is 6. The summed E-state index contributed by atoms with van der Waals surface area (Å²) in [6, 6.07) is 1.39. The summed E-state index contributed by atoms with van der Waals surface area (Å²) in [5.41, 5.74) is -2.81. The average Bonchev–Trinajstić information content (AvgIpc) is 2.67. The number of aromatic nitrogens is 2. The highest BCUT2D eigenvalue weighted by atomic mass is 19.3. The fourth-order valence-corrected chi connectivity index (χ4v) is 2.98. The van der Waals surface area contributed by atoms with Crippen molar-refractivity contribution >= 4 is 16.7 Å². The van der Waals surface area contributed by atoms with Gasteiger partial charge in [0, 0.05) is 18.0 Å². The van der Waals surface area contributed by atoms with E-state index in [1.165, 1.54) is 14.0 Å². The number of amides is 1. The number of carbonyl (C=O) groups excluding carboxylic acids is 1. The topological polar surface area (TPSA) is 66.1 Å². The molecule has 0 saturated carbocycles. The third-order valence-electron chi connectivity index (χ3n) is 4.70. The molecule has 3 aromatic rings. The normalized spacial score (nSPS) is 12.4. The zero-order chi connectivity index (χ0) is 22.3. The number of hydrogen-bond donors (Lipinski definition) is 1. The highest BCUT2D eigenvalue weighted by Gasteiger charge is 2.27. The van der Waals surface area contributed by atoms with Crippen molar-refractivity contribution in [2.75, 3.05) is 7.05 Å². The lowest BCUT2D eigenvalue weighted by Crippen LogP contribution is -2.31. The van der Waals surface area contributed by atoms with Crippen LogP contribution in [0.3, 0.4) is 0 Å². The number of H-pyrrole nitrogens is 1. The maximum Gasteiger partial charge on any atom is 0.272 e. The van der Waals surface area contributed by atoms with Gasteiger partial charge in [-0.05, 0) is 31.2 Å². The number of fused-ring (bicyclic) bond motifs is 1. The lowest BCUT2D eigenvalue weighted by Gasteiger charge is -2.25. The lowest BCUT2D eigenvalue weighted by atomic mass is 10.0. The molecule has 2 aromatic carbocycles. The van der Waals surface area contributed by atoms with E-state index in [-0.39, 0.29) is 16.5 Å². The summed E-state index contributed by atoms with van der Waals surface area (Å²) >= 11 is 0. The predicted molar refractivity (Wildman–Crippen MR) is 94.1 cm³/mol. The molecule has 158 valence electrons. The molecule has 1 unspecified atom stereocenters. The number of nitrogens with one attached hydrogen (secondary N) is 1. The van der Waals surface area contributed by atoms with Crippen molar-refractivity contribution in [2.24, 2.45) is 0 Å². The van der Waals surface area contributed by atoms with Gasteiger partial charge in [-0.2, -0.15) is 5.10 Å². The van der Waals surface area contributed by atoms with E-state index in [1.54, 1.807) is 0 Å². The Morgan fingerprint density at radius 2 is 1.50 bits per heavy atom. The summed E-state index contributed by atoms with van der Waals surface area (Å²) in [4.78, 5) is 25.5. The fourth-order valence-electron chi connectivity index (χ4n) is 2.98. The average molecular weight is 429 g/mol. The molecule has 1 N–H and O–H groups in total. The van der Waals surface area contributed by atoms with Gasteiger partial charge in [-0.15, -0.1) is 0 Å². The minimum Gasteiger partial charge on any atom is -0.333 e. The summed E-state index contributed by atoms with van der Waals surface area (Å²) in [5, 5.41) is 5.59. The molecule has 0 saturated heterocycles. The predicted octanol–water partition coefficient (Wildman–Crippen LogP) is 4.25. The summed E-state index contributed by atoms with van der Waals surface area (Å²) < 4.78 is 80.2. The molecule has 3 rings (SSSR count). The number of carbonyl (C=O) groups is 1. The maximum atomic E-state index is 13.8. The van der Waals surface area contributed by atoms with Crippen LogP contribution in [0.25, 0.3) is 10.8 Å². The Hall–Kier alpha value is -3.37.